The van der Waals surface area contributed by atoms with E-state index in [0.717, 1.165) is 36.2 Å². The van der Waals surface area contributed by atoms with Crippen molar-refractivity contribution >= 4 is 22.5 Å². The van der Waals surface area contributed by atoms with Gasteiger partial charge in [0, 0.05) is 29.9 Å². The van der Waals surface area contributed by atoms with Crippen LogP contribution in [0.1, 0.15) is 28.4 Å². The molecule has 1 aromatic heterocycles. The van der Waals surface area contributed by atoms with Gasteiger partial charge in [0.15, 0.2) is 0 Å². The van der Waals surface area contributed by atoms with Crippen LogP contribution in [0.2, 0.25) is 0 Å². The Balaban J connectivity index is 1.69. The summed E-state index contributed by atoms with van der Waals surface area (Å²) in [4.78, 5) is 28.1. The molecule has 1 atom stereocenters. The quantitative estimate of drug-likeness (QED) is 0.688. The van der Waals surface area contributed by atoms with Gasteiger partial charge in [0.1, 0.15) is 5.56 Å². The Kier molecular flexibility index (Phi) is 2.93. The van der Waals surface area contributed by atoms with Crippen LogP contribution in [0.3, 0.4) is 0 Å². The molecule has 3 heterocycles. The molecule has 124 valence electrons. The van der Waals surface area contributed by atoms with Crippen LogP contribution >= 0.6 is 0 Å². The fraction of sp³-hybridized carbons (Fsp3) is 0.238. The lowest BCUT2D eigenvalue weighted by Gasteiger charge is -2.23. The molecular weight excluding hydrogens is 312 g/mol. The number of carbonyl (C=O) groups is 1. The number of hydrogen-bond donors (Lipinski definition) is 0. The van der Waals surface area contributed by atoms with E-state index in [0.29, 0.717) is 5.39 Å². The molecule has 5 rings (SSSR count). The van der Waals surface area contributed by atoms with Crippen molar-refractivity contribution in [2.75, 3.05) is 4.90 Å². The van der Waals surface area contributed by atoms with Crippen LogP contribution in [-0.2, 0) is 19.4 Å². The zero-order valence-corrected chi connectivity index (χ0v) is 14.0. The number of fused-ring (bicyclic) bond motifs is 1. The number of carbonyl (C=O) groups excluding carboxylic acids is 1. The van der Waals surface area contributed by atoms with Gasteiger partial charge in [-0.05, 0) is 43.0 Å². The molecule has 0 radical (unpaired) electrons. The minimum absolute atomic E-state index is 0.0601. The topological polar surface area (TPSA) is 42.3 Å². The number of hydrogen-bond acceptors (Lipinski definition) is 2. The van der Waals surface area contributed by atoms with E-state index >= 15 is 0 Å². The molecule has 1 amide bonds. The first-order chi connectivity index (χ1) is 12.1. The zero-order valence-electron chi connectivity index (χ0n) is 14.0. The number of anilines is 1. The maximum atomic E-state index is 13.3. The number of aromatic nitrogens is 1. The Morgan fingerprint density at radius 2 is 1.88 bits per heavy atom. The lowest BCUT2D eigenvalue weighted by Crippen LogP contribution is -2.38. The average Bonchev–Trinajstić information content (AvgIpc) is 3.18. The highest BCUT2D eigenvalue weighted by atomic mass is 16.2. The van der Waals surface area contributed by atoms with E-state index in [2.05, 4.69) is 16.7 Å². The Morgan fingerprint density at radius 1 is 1.08 bits per heavy atom. The van der Waals surface area contributed by atoms with Gasteiger partial charge in [-0.3, -0.25) is 9.59 Å². The van der Waals surface area contributed by atoms with E-state index in [4.69, 9.17) is 0 Å². The second kappa shape index (κ2) is 5.06. The van der Waals surface area contributed by atoms with Crippen molar-refractivity contribution in [1.29, 1.82) is 0 Å². The van der Waals surface area contributed by atoms with Crippen LogP contribution in [0.15, 0.2) is 53.5 Å². The zero-order chi connectivity index (χ0) is 17.1. The number of aryl methyl sites for hydroxylation is 2. The number of pyridine rings is 1. The number of amides is 1. The van der Waals surface area contributed by atoms with Crippen LogP contribution in [0.5, 0.6) is 0 Å². The fourth-order valence-corrected chi connectivity index (χ4v) is 4.31. The molecule has 0 fully saturated rings. The van der Waals surface area contributed by atoms with Crippen molar-refractivity contribution in [1.82, 2.24) is 4.57 Å². The molecule has 4 nitrogen and oxygen atoms in total. The maximum absolute atomic E-state index is 13.3. The summed E-state index contributed by atoms with van der Waals surface area (Å²) in [5.74, 6) is -0.189. The van der Waals surface area contributed by atoms with Crippen molar-refractivity contribution in [2.24, 2.45) is 0 Å². The van der Waals surface area contributed by atoms with Gasteiger partial charge in [0.25, 0.3) is 5.91 Å². The molecule has 2 aliphatic rings. The largest absolute Gasteiger partial charge is 0.346 e. The summed E-state index contributed by atoms with van der Waals surface area (Å²) in [5.41, 5.74) is 4.38. The molecule has 0 spiro atoms. The highest BCUT2D eigenvalue weighted by Gasteiger charge is 2.33. The highest BCUT2D eigenvalue weighted by molar-refractivity contribution is 6.09. The van der Waals surface area contributed by atoms with Crippen molar-refractivity contribution in [3.05, 3.63) is 75.6 Å². The Morgan fingerprint density at radius 3 is 2.76 bits per heavy atom. The van der Waals surface area contributed by atoms with Gasteiger partial charge in [-0.1, -0.05) is 30.3 Å². The minimum Gasteiger partial charge on any atom is -0.346 e. The van der Waals surface area contributed by atoms with Gasteiger partial charge in [-0.15, -0.1) is 0 Å². The van der Waals surface area contributed by atoms with Gasteiger partial charge in [-0.2, -0.15) is 0 Å². The van der Waals surface area contributed by atoms with Gasteiger partial charge < -0.3 is 9.47 Å². The van der Waals surface area contributed by atoms with E-state index in [-0.39, 0.29) is 22.9 Å². The predicted molar refractivity (Wildman–Crippen MR) is 98.3 cm³/mol. The third kappa shape index (κ3) is 1.94. The second-order valence-electron chi connectivity index (χ2n) is 6.99. The van der Waals surface area contributed by atoms with E-state index in [9.17, 15) is 9.59 Å². The summed E-state index contributed by atoms with van der Waals surface area (Å²) in [7, 11) is 0. The molecule has 0 N–H and O–H groups in total. The normalized spacial score (nSPS) is 18.0. The standard InChI is InChI=1S/C21H18N2O2/c1-13-11-15-5-2-3-8-18(15)23(13)21(25)17-12-22-10-9-14-6-4-7-16(19(14)22)20(17)24/h2-8,12-13H,9-11H2,1H3. The number of rotatable bonds is 1. The van der Waals surface area contributed by atoms with E-state index in [1.54, 1.807) is 11.1 Å². The lowest BCUT2D eigenvalue weighted by atomic mass is 10.1. The molecule has 2 aliphatic heterocycles. The summed E-state index contributed by atoms with van der Waals surface area (Å²) in [5, 5.41) is 0.654. The monoisotopic (exact) mass is 330 g/mol. The summed E-state index contributed by atoms with van der Waals surface area (Å²) < 4.78 is 2.06. The Bertz CT molecular complexity index is 1100. The average molecular weight is 330 g/mol. The Labute approximate surface area is 145 Å². The summed E-state index contributed by atoms with van der Waals surface area (Å²) in [6, 6.07) is 13.8. The summed E-state index contributed by atoms with van der Waals surface area (Å²) in [6.07, 6.45) is 3.50. The number of benzene rings is 2. The SMILES string of the molecule is CC1Cc2ccccc2N1C(=O)c1cn2c3c(cccc3c1=O)CC2. The molecule has 1 unspecified atom stereocenters. The molecule has 0 saturated heterocycles. The smallest absolute Gasteiger partial charge is 0.264 e. The molecule has 2 aromatic carbocycles. The Hall–Kier alpha value is -2.88. The van der Waals surface area contributed by atoms with Crippen molar-refractivity contribution in [2.45, 2.75) is 32.4 Å². The third-order valence-corrected chi connectivity index (χ3v) is 5.46. The first kappa shape index (κ1) is 14.5. The van der Waals surface area contributed by atoms with Crippen LogP contribution in [0.4, 0.5) is 5.69 Å². The van der Waals surface area contributed by atoms with Crippen LogP contribution < -0.4 is 10.3 Å². The van der Waals surface area contributed by atoms with Crippen molar-refractivity contribution < 1.29 is 4.79 Å². The molecule has 25 heavy (non-hydrogen) atoms. The van der Waals surface area contributed by atoms with Gasteiger partial charge >= 0.3 is 0 Å². The molecule has 0 bridgehead atoms. The molecule has 4 heteroatoms. The third-order valence-electron chi connectivity index (χ3n) is 5.46. The highest BCUT2D eigenvalue weighted by Crippen LogP contribution is 2.33. The fourth-order valence-electron chi connectivity index (χ4n) is 4.31. The molecule has 0 aliphatic carbocycles. The second-order valence-corrected chi connectivity index (χ2v) is 6.99. The first-order valence-electron chi connectivity index (χ1n) is 8.71. The van der Waals surface area contributed by atoms with Crippen molar-refractivity contribution in [3.63, 3.8) is 0 Å². The van der Waals surface area contributed by atoms with Crippen LogP contribution in [-0.4, -0.2) is 16.5 Å². The minimum atomic E-state index is -0.189. The number of para-hydroxylation sites is 2. The predicted octanol–water partition coefficient (Wildman–Crippen LogP) is 3.15. The van der Waals surface area contributed by atoms with Gasteiger partial charge in [0.2, 0.25) is 5.43 Å². The van der Waals surface area contributed by atoms with Crippen molar-refractivity contribution in [3.8, 4) is 0 Å². The molecule has 0 saturated carbocycles. The maximum Gasteiger partial charge on any atom is 0.264 e. The van der Waals surface area contributed by atoms with Crippen LogP contribution in [0, 0.1) is 0 Å². The summed E-state index contributed by atoms with van der Waals surface area (Å²) in [6.45, 7) is 2.86. The lowest BCUT2D eigenvalue weighted by molar-refractivity contribution is 0.0980. The van der Waals surface area contributed by atoms with Gasteiger partial charge in [0.05, 0.1) is 5.52 Å². The van der Waals surface area contributed by atoms with Gasteiger partial charge in [-0.25, -0.2) is 0 Å². The summed E-state index contributed by atoms with van der Waals surface area (Å²) >= 11 is 0. The number of nitrogens with zero attached hydrogens (tertiary/aromatic N) is 2. The van der Waals surface area contributed by atoms with Crippen LogP contribution in [0.25, 0.3) is 10.9 Å². The molecule has 3 aromatic rings. The molecular formula is C21H18N2O2. The van der Waals surface area contributed by atoms with E-state index in [1.807, 2.05) is 37.3 Å². The van der Waals surface area contributed by atoms with E-state index in [1.165, 1.54) is 5.56 Å². The van der Waals surface area contributed by atoms with E-state index < -0.39 is 0 Å². The first-order valence-corrected chi connectivity index (χ1v) is 8.71.